The Morgan fingerprint density at radius 2 is 1.04 bits per heavy atom. The maximum Gasteiger partial charge on any atom is 0.137 e. The first-order chi connectivity index (χ1) is 26.3. The van der Waals surface area contributed by atoms with Crippen LogP contribution in [0.2, 0.25) is 0 Å². The Morgan fingerprint density at radius 3 is 1.91 bits per heavy atom. The number of nitrogens with zero attached hydrogens (tertiary/aromatic N) is 2. The van der Waals surface area contributed by atoms with Crippen LogP contribution in [0, 0.1) is 0 Å². The molecule has 11 aromatic rings. The van der Waals surface area contributed by atoms with Crippen LogP contribution >= 0.6 is 0 Å². The van der Waals surface area contributed by atoms with Crippen molar-refractivity contribution in [3.63, 3.8) is 0 Å². The smallest absolute Gasteiger partial charge is 0.137 e. The molecule has 0 N–H and O–H groups in total. The van der Waals surface area contributed by atoms with Crippen molar-refractivity contribution >= 4 is 82.4 Å². The molecule has 0 bridgehead atoms. The zero-order valence-electron chi connectivity index (χ0n) is 28.8. The Hall–Kier alpha value is -7.10. The maximum atomic E-state index is 6.70. The van der Waals surface area contributed by atoms with Gasteiger partial charge in [-0.1, -0.05) is 127 Å². The molecule has 53 heavy (non-hydrogen) atoms. The standard InChI is InChI=1S/C50H32N2O/c1-3-15-35(16-4-1)51(37-26-25-33-13-7-8-14-34(33)31-37)38-27-28-45-48(32-38)53-47-30-29-40-39(20-11-21-42(40)49(45)47)43-22-12-23-44-41-19-9-10-24-46(41)52(50(43)44)36-17-5-2-6-18-36/h1-32H. The van der Waals surface area contributed by atoms with Crippen LogP contribution in [-0.2, 0) is 0 Å². The molecule has 9 aromatic carbocycles. The van der Waals surface area contributed by atoms with E-state index in [2.05, 4.69) is 204 Å². The molecule has 0 aliphatic carbocycles. The third kappa shape index (κ3) is 4.61. The van der Waals surface area contributed by atoms with Crippen LogP contribution in [0.1, 0.15) is 0 Å². The predicted octanol–water partition coefficient (Wildman–Crippen LogP) is 14.1. The molecule has 0 radical (unpaired) electrons. The second kappa shape index (κ2) is 11.7. The Bertz CT molecular complexity index is 3170. The summed E-state index contributed by atoms with van der Waals surface area (Å²) in [6.07, 6.45) is 0. The molecule has 0 aliphatic heterocycles. The molecule has 0 saturated heterocycles. The van der Waals surface area contributed by atoms with Gasteiger partial charge < -0.3 is 13.9 Å². The van der Waals surface area contributed by atoms with E-state index >= 15 is 0 Å². The lowest BCUT2D eigenvalue weighted by atomic mass is 9.94. The van der Waals surface area contributed by atoms with Gasteiger partial charge in [0.05, 0.1) is 11.0 Å². The summed E-state index contributed by atoms with van der Waals surface area (Å²) in [6.45, 7) is 0. The second-order valence-corrected chi connectivity index (χ2v) is 13.7. The van der Waals surface area contributed by atoms with E-state index in [-0.39, 0.29) is 0 Å². The fourth-order valence-corrected chi connectivity index (χ4v) is 8.42. The highest BCUT2D eigenvalue weighted by Crippen LogP contribution is 2.44. The highest BCUT2D eigenvalue weighted by molar-refractivity contribution is 6.23. The lowest BCUT2D eigenvalue weighted by Gasteiger charge is -2.25. The molecule has 0 aliphatic rings. The summed E-state index contributed by atoms with van der Waals surface area (Å²) in [5, 5.41) is 9.55. The summed E-state index contributed by atoms with van der Waals surface area (Å²) in [5.74, 6) is 0. The Labute approximate surface area is 306 Å². The molecule has 0 atom stereocenters. The Morgan fingerprint density at radius 1 is 0.377 bits per heavy atom. The van der Waals surface area contributed by atoms with Crippen LogP contribution in [0.25, 0.3) is 82.1 Å². The largest absolute Gasteiger partial charge is 0.456 e. The van der Waals surface area contributed by atoms with Crippen LogP contribution in [0.4, 0.5) is 17.1 Å². The van der Waals surface area contributed by atoms with Gasteiger partial charge in [0.15, 0.2) is 0 Å². The maximum absolute atomic E-state index is 6.70. The van der Waals surface area contributed by atoms with Gasteiger partial charge in [0, 0.05) is 55.9 Å². The normalized spacial score (nSPS) is 11.8. The number of furan rings is 1. The van der Waals surface area contributed by atoms with Crippen LogP contribution in [-0.4, -0.2) is 4.57 Å². The lowest BCUT2D eigenvalue weighted by Crippen LogP contribution is -2.09. The lowest BCUT2D eigenvalue weighted by molar-refractivity contribution is 0.669. The second-order valence-electron chi connectivity index (χ2n) is 13.7. The minimum atomic E-state index is 0.864. The van der Waals surface area contributed by atoms with Gasteiger partial charge in [0.1, 0.15) is 11.2 Å². The van der Waals surface area contributed by atoms with E-state index < -0.39 is 0 Å². The van der Waals surface area contributed by atoms with E-state index in [1.165, 1.54) is 54.5 Å². The van der Waals surface area contributed by atoms with E-state index in [9.17, 15) is 0 Å². The number of fused-ring (bicyclic) bond motifs is 9. The van der Waals surface area contributed by atoms with E-state index in [4.69, 9.17) is 4.42 Å². The van der Waals surface area contributed by atoms with Gasteiger partial charge >= 0.3 is 0 Å². The Kier molecular flexibility index (Phi) is 6.55. The summed E-state index contributed by atoms with van der Waals surface area (Å²) in [4.78, 5) is 2.31. The minimum absolute atomic E-state index is 0.864. The van der Waals surface area contributed by atoms with Crippen molar-refractivity contribution in [2.45, 2.75) is 0 Å². The quantitative estimate of drug-likeness (QED) is 0.181. The fraction of sp³-hybridized carbons (Fsp3) is 0. The first-order valence-electron chi connectivity index (χ1n) is 18.1. The number of aromatic nitrogens is 1. The summed E-state index contributed by atoms with van der Waals surface area (Å²) in [5.41, 5.74) is 11.0. The zero-order valence-corrected chi connectivity index (χ0v) is 28.8. The fourth-order valence-electron chi connectivity index (χ4n) is 8.42. The minimum Gasteiger partial charge on any atom is -0.456 e. The van der Waals surface area contributed by atoms with Crippen molar-refractivity contribution in [2.75, 3.05) is 4.90 Å². The Balaban J connectivity index is 1.11. The van der Waals surface area contributed by atoms with E-state index in [0.29, 0.717) is 0 Å². The van der Waals surface area contributed by atoms with Gasteiger partial charge in [-0.2, -0.15) is 0 Å². The van der Waals surface area contributed by atoms with Gasteiger partial charge in [-0.3, -0.25) is 0 Å². The average molecular weight is 677 g/mol. The average Bonchev–Trinajstić information content (AvgIpc) is 3.77. The van der Waals surface area contributed by atoms with Crippen molar-refractivity contribution in [1.82, 2.24) is 4.57 Å². The highest BCUT2D eigenvalue weighted by Gasteiger charge is 2.20. The summed E-state index contributed by atoms with van der Waals surface area (Å²) >= 11 is 0. The van der Waals surface area contributed by atoms with Gasteiger partial charge in [-0.05, 0) is 87.8 Å². The van der Waals surface area contributed by atoms with Crippen molar-refractivity contribution in [1.29, 1.82) is 0 Å². The molecule has 0 amide bonds. The third-order valence-corrected chi connectivity index (χ3v) is 10.7. The molecule has 2 heterocycles. The summed E-state index contributed by atoms with van der Waals surface area (Å²) in [7, 11) is 0. The third-order valence-electron chi connectivity index (χ3n) is 10.7. The first-order valence-corrected chi connectivity index (χ1v) is 18.1. The number of rotatable bonds is 5. The molecule has 3 heteroatoms. The van der Waals surface area contributed by atoms with Crippen LogP contribution in [0.5, 0.6) is 0 Å². The first kappa shape index (κ1) is 29.6. The number of para-hydroxylation sites is 4. The van der Waals surface area contributed by atoms with Crippen molar-refractivity contribution in [3.8, 4) is 16.8 Å². The van der Waals surface area contributed by atoms with E-state index in [1.807, 2.05) is 0 Å². The highest BCUT2D eigenvalue weighted by atomic mass is 16.3. The monoisotopic (exact) mass is 676 g/mol. The number of anilines is 3. The predicted molar refractivity (Wildman–Crippen MR) is 223 cm³/mol. The van der Waals surface area contributed by atoms with Crippen LogP contribution in [0.15, 0.2) is 199 Å². The van der Waals surface area contributed by atoms with E-state index in [1.54, 1.807) is 0 Å². The number of hydrogen-bond acceptors (Lipinski definition) is 2. The van der Waals surface area contributed by atoms with Crippen molar-refractivity contribution < 1.29 is 4.42 Å². The molecule has 3 nitrogen and oxygen atoms in total. The van der Waals surface area contributed by atoms with Crippen molar-refractivity contribution in [2.24, 2.45) is 0 Å². The zero-order chi connectivity index (χ0) is 34.9. The molecule has 0 unspecified atom stereocenters. The molecule has 11 rings (SSSR count). The van der Waals surface area contributed by atoms with Crippen molar-refractivity contribution in [3.05, 3.63) is 194 Å². The molecule has 2 aromatic heterocycles. The topological polar surface area (TPSA) is 21.3 Å². The van der Waals surface area contributed by atoms with Gasteiger partial charge in [-0.25, -0.2) is 0 Å². The molecule has 248 valence electrons. The summed E-state index contributed by atoms with van der Waals surface area (Å²) in [6, 6.07) is 69.6. The SMILES string of the molecule is c1ccc(N(c2ccc3ccccc3c2)c2ccc3c(c2)oc2ccc4c(-c5cccc6c7ccccc7n(-c7ccccc7)c56)cccc4c23)cc1. The summed E-state index contributed by atoms with van der Waals surface area (Å²) < 4.78 is 9.11. The molecular formula is C50H32N2O. The van der Waals surface area contributed by atoms with Gasteiger partial charge in [0.25, 0.3) is 0 Å². The molecule has 0 fully saturated rings. The van der Waals surface area contributed by atoms with E-state index in [0.717, 1.165) is 44.7 Å². The van der Waals surface area contributed by atoms with Crippen LogP contribution < -0.4 is 4.90 Å². The van der Waals surface area contributed by atoms with Gasteiger partial charge in [0.2, 0.25) is 0 Å². The number of benzene rings is 9. The molecule has 0 saturated carbocycles. The molecular weight excluding hydrogens is 645 g/mol. The molecule has 0 spiro atoms. The number of hydrogen-bond donors (Lipinski definition) is 0. The van der Waals surface area contributed by atoms with Crippen LogP contribution in [0.3, 0.4) is 0 Å². The van der Waals surface area contributed by atoms with Gasteiger partial charge in [-0.15, -0.1) is 0 Å².